The van der Waals surface area contributed by atoms with Crippen molar-refractivity contribution in [2.24, 2.45) is 0 Å². The maximum atomic E-state index is 10.7. The minimum Gasteiger partial charge on any atom is -0.388 e. The number of hydrogen-bond acceptors (Lipinski definition) is 5. The predicted molar refractivity (Wildman–Crippen MR) is 45.5 cm³/mol. The number of carbonyl (C=O) groups excluding carboxylic acids is 1. The van der Waals surface area contributed by atoms with Crippen molar-refractivity contribution in [3.05, 3.63) is 0 Å². The summed E-state index contributed by atoms with van der Waals surface area (Å²) >= 11 is 0. The van der Waals surface area contributed by atoms with Gasteiger partial charge in [-0.1, -0.05) is 0 Å². The molecule has 3 atom stereocenters. The first-order chi connectivity index (χ1) is 7.71. The number of aliphatic hydroxyl groups excluding tert-OH is 1. The highest BCUT2D eigenvalue weighted by atomic mass is 16.5. The quantitative estimate of drug-likeness (QED) is 0.540. The van der Waals surface area contributed by atoms with Gasteiger partial charge < -0.3 is 24.1 Å². The van der Waals surface area contributed by atoms with Gasteiger partial charge in [0.15, 0.2) is 6.29 Å². The van der Waals surface area contributed by atoms with Crippen LogP contribution in [-0.2, 0) is 19.0 Å². The van der Waals surface area contributed by atoms with E-state index in [0.717, 1.165) is 0 Å². The summed E-state index contributed by atoms with van der Waals surface area (Å²) in [5, 5.41) is 9.58. The molecule has 0 aliphatic carbocycles. The number of methoxy groups -OCH3 is 3. The molecular formula is C8H16O5. The SMILES string of the molecule is [2H]COC[C@@H](O)[C@@H](OC[2H])[C@@H](C=O)OC[2H]. The molecule has 0 aliphatic rings. The number of carbonyl (C=O) groups is 1. The van der Waals surface area contributed by atoms with E-state index in [1.54, 1.807) is 0 Å². The van der Waals surface area contributed by atoms with Crippen LogP contribution in [0.15, 0.2) is 0 Å². The van der Waals surface area contributed by atoms with Crippen molar-refractivity contribution in [1.29, 1.82) is 0 Å². The molecule has 5 heteroatoms. The Bertz CT molecular complexity index is 183. The van der Waals surface area contributed by atoms with E-state index in [4.69, 9.17) is 13.6 Å². The predicted octanol–water partition coefficient (Wildman–Crippen LogP) is -0.777. The molecule has 13 heavy (non-hydrogen) atoms. The molecule has 0 saturated heterocycles. The van der Waals surface area contributed by atoms with Gasteiger partial charge in [-0.15, -0.1) is 0 Å². The first-order valence-electron chi connectivity index (χ1n) is 5.65. The van der Waals surface area contributed by atoms with E-state index >= 15 is 0 Å². The minimum absolute atomic E-state index is 0.195. The van der Waals surface area contributed by atoms with Gasteiger partial charge in [0.1, 0.15) is 18.3 Å². The monoisotopic (exact) mass is 195 g/mol. The Morgan fingerprint density at radius 1 is 1.46 bits per heavy atom. The lowest BCUT2D eigenvalue weighted by atomic mass is 10.1. The summed E-state index contributed by atoms with van der Waals surface area (Å²) in [5.41, 5.74) is 0. The summed E-state index contributed by atoms with van der Waals surface area (Å²) in [4.78, 5) is 10.7. The van der Waals surface area contributed by atoms with Gasteiger partial charge in [-0.25, -0.2) is 0 Å². The highest BCUT2D eigenvalue weighted by molar-refractivity contribution is 5.57. The third-order valence-electron chi connectivity index (χ3n) is 1.51. The molecule has 0 fully saturated rings. The van der Waals surface area contributed by atoms with E-state index < -0.39 is 32.5 Å². The second-order valence-electron chi connectivity index (χ2n) is 2.34. The summed E-state index contributed by atoms with van der Waals surface area (Å²) in [6.45, 7) is -0.195. The second-order valence-corrected chi connectivity index (χ2v) is 2.34. The molecule has 0 aromatic heterocycles. The molecule has 0 aromatic carbocycles. The van der Waals surface area contributed by atoms with E-state index in [-0.39, 0.29) is 13.7 Å². The van der Waals surface area contributed by atoms with Crippen LogP contribution in [0.4, 0.5) is 0 Å². The van der Waals surface area contributed by atoms with E-state index in [2.05, 4.69) is 4.74 Å². The molecule has 0 rings (SSSR count). The highest BCUT2D eigenvalue weighted by Crippen LogP contribution is 2.06. The smallest absolute Gasteiger partial charge is 0.151 e. The Labute approximate surface area is 81.8 Å². The van der Waals surface area contributed by atoms with Gasteiger partial charge in [0, 0.05) is 21.3 Å². The maximum Gasteiger partial charge on any atom is 0.151 e. The molecule has 5 nitrogen and oxygen atoms in total. The average molecular weight is 195 g/mol. The molecule has 0 heterocycles. The Morgan fingerprint density at radius 2 is 2.23 bits per heavy atom. The first kappa shape index (κ1) is 7.87. The van der Waals surface area contributed by atoms with Gasteiger partial charge >= 0.3 is 0 Å². The van der Waals surface area contributed by atoms with Crippen molar-refractivity contribution in [2.75, 3.05) is 27.9 Å². The van der Waals surface area contributed by atoms with Crippen molar-refractivity contribution in [2.45, 2.75) is 18.3 Å². The van der Waals surface area contributed by atoms with E-state index in [0.29, 0.717) is 6.29 Å². The lowest BCUT2D eigenvalue weighted by molar-refractivity contribution is -0.138. The number of rotatable bonds is 7. The van der Waals surface area contributed by atoms with Gasteiger partial charge in [-0.3, -0.25) is 0 Å². The minimum atomic E-state index is -1.18. The van der Waals surface area contributed by atoms with Crippen molar-refractivity contribution < 1.29 is 28.2 Å². The molecule has 0 saturated carbocycles. The fourth-order valence-corrected chi connectivity index (χ4v) is 0.852. The molecule has 0 unspecified atom stereocenters. The molecule has 78 valence electrons. The zero-order chi connectivity index (χ0) is 12.4. The summed E-state index contributed by atoms with van der Waals surface area (Å²) in [6.07, 6.45) is -2.96. The van der Waals surface area contributed by atoms with E-state index in [1.807, 2.05) is 0 Å². The summed E-state index contributed by atoms with van der Waals surface area (Å²) in [7, 11) is -1.22. The zero-order valence-corrected chi connectivity index (χ0v) is 7.22. The topological polar surface area (TPSA) is 65.0 Å². The van der Waals surface area contributed by atoms with Crippen LogP contribution in [0.3, 0.4) is 0 Å². The number of aliphatic hydroxyl groups is 1. The van der Waals surface area contributed by atoms with Gasteiger partial charge in [-0.2, -0.15) is 0 Å². The third-order valence-corrected chi connectivity index (χ3v) is 1.51. The molecule has 0 radical (unpaired) electrons. The number of ether oxygens (including phenoxy) is 3. The molecule has 0 aliphatic heterocycles. The van der Waals surface area contributed by atoms with E-state index in [9.17, 15) is 9.90 Å². The summed E-state index contributed by atoms with van der Waals surface area (Å²) < 4.78 is 34.6. The van der Waals surface area contributed by atoms with Crippen molar-refractivity contribution in [3.8, 4) is 0 Å². The van der Waals surface area contributed by atoms with Crippen LogP contribution in [0.25, 0.3) is 0 Å². The standard InChI is InChI=1S/C8H16O5/c1-11-5-6(10)8(13-3)7(4-9)12-2/h4,6-8,10H,5H2,1-3H3/t6-,7-,8-/m1/s1/i1D,2D,3D. The second kappa shape index (κ2) is 6.97. The maximum absolute atomic E-state index is 10.7. The lowest BCUT2D eigenvalue weighted by Gasteiger charge is -2.24. The van der Waals surface area contributed by atoms with Crippen LogP contribution in [0.2, 0.25) is 0 Å². The first-order valence-corrected chi connectivity index (χ1v) is 3.53. The Hall–Kier alpha value is -0.490. The Kier molecular flexibility index (Phi) is 4.22. The fraction of sp³-hybridized carbons (Fsp3) is 0.875. The lowest BCUT2D eigenvalue weighted by Crippen LogP contribution is -2.43. The number of hydrogen-bond donors (Lipinski definition) is 1. The Morgan fingerprint density at radius 3 is 2.77 bits per heavy atom. The van der Waals surface area contributed by atoms with Gasteiger partial charge in [0.2, 0.25) is 0 Å². The molecule has 0 aromatic rings. The van der Waals surface area contributed by atoms with Gasteiger partial charge in [0.05, 0.1) is 10.7 Å². The normalized spacial score (nSPS) is 20.8. The molecule has 1 N–H and O–H groups in total. The van der Waals surface area contributed by atoms with Crippen LogP contribution in [0.5, 0.6) is 0 Å². The van der Waals surface area contributed by atoms with Crippen molar-refractivity contribution in [3.63, 3.8) is 0 Å². The summed E-state index contributed by atoms with van der Waals surface area (Å²) in [6, 6.07) is 0. The highest BCUT2D eigenvalue weighted by Gasteiger charge is 2.27. The number of aldehydes is 1. The summed E-state index contributed by atoms with van der Waals surface area (Å²) in [5.74, 6) is 0. The zero-order valence-electron chi connectivity index (χ0n) is 10.2. The fourth-order valence-electron chi connectivity index (χ4n) is 0.852. The molecular weight excluding hydrogens is 176 g/mol. The van der Waals surface area contributed by atoms with E-state index in [1.165, 1.54) is 0 Å². The average Bonchev–Trinajstić information content (AvgIpc) is 2.30. The van der Waals surface area contributed by atoms with Crippen LogP contribution < -0.4 is 0 Å². The van der Waals surface area contributed by atoms with Crippen LogP contribution in [0, 0.1) is 0 Å². The van der Waals surface area contributed by atoms with Crippen LogP contribution in [-0.4, -0.2) is 57.6 Å². The van der Waals surface area contributed by atoms with Gasteiger partial charge in [-0.05, 0) is 0 Å². The molecule has 0 amide bonds. The van der Waals surface area contributed by atoms with Gasteiger partial charge in [0.25, 0.3) is 0 Å². The van der Waals surface area contributed by atoms with Crippen molar-refractivity contribution in [1.82, 2.24) is 0 Å². The third kappa shape index (κ3) is 3.82. The van der Waals surface area contributed by atoms with Crippen molar-refractivity contribution >= 4 is 6.29 Å². The molecule has 0 bridgehead atoms. The van der Waals surface area contributed by atoms with Crippen LogP contribution >= 0.6 is 0 Å². The molecule has 0 spiro atoms. The largest absolute Gasteiger partial charge is 0.388 e. The van der Waals surface area contributed by atoms with Crippen LogP contribution in [0.1, 0.15) is 4.11 Å². The Balaban J connectivity index is 4.35.